The van der Waals surface area contributed by atoms with Gasteiger partial charge in [0.15, 0.2) is 15.9 Å². The molecule has 2 saturated heterocycles. The molecule has 3 fully saturated rings. The van der Waals surface area contributed by atoms with Crippen LogP contribution < -0.4 is 16.4 Å². The van der Waals surface area contributed by atoms with Crippen molar-refractivity contribution in [2.24, 2.45) is 11.7 Å². The molecule has 1 aromatic heterocycles. The van der Waals surface area contributed by atoms with Crippen molar-refractivity contribution in [3.63, 3.8) is 0 Å². The number of carboxylic acid groups (broad SMARTS) is 1. The Bertz CT molecular complexity index is 1340. The normalized spacial score (nSPS) is 25.1. The van der Waals surface area contributed by atoms with Crippen molar-refractivity contribution in [1.29, 1.82) is 0 Å². The van der Waals surface area contributed by atoms with E-state index in [2.05, 4.69) is 20.9 Å². The Balaban J connectivity index is 1.67. The van der Waals surface area contributed by atoms with Gasteiger partial charge in [-0.05, 0) is 39.0 Å². The highest BCUT2D eigenvalue weighted by atomic mass is 32.2. The van der Waals surface area contributed by atoms with Gasteiger partial charge < -0.3 is 36.6 Å². The predicted molar refractivity (Wildman–Crippen MR) is 155 cm³/mol. The van der Waals surface area contributed by atoms with Gasteiger partial charge in [-0.25, -0.2) is 17.9 Å². The minimum absolute atomic E-state index is 0.0196. The minimum Gasteiger partial charge on any atom is -0.465 e. The minimum atomic E-state index is -3.47. The molecule has 1 aliphatic carbocycles. The number of hydrogen-bond donors (Lipinski definition) is 6. The summed E-state index contributed by atoms with van der Waals surface area (Å²) in [5.41, 5.74) is 2.66. The summed E-state index contributed by atoms with van der Waals surface area (Å²) in [5.74, 6) is -3.21. The summed E-state index contributed by atoms with van der Waals surface area (Å²) in [6.07, 6.45) is 2.49. The van der Waals surface area contributed by atoms with Crippen LogP contribution in [0, 0.1) is 5.92 Å². The van der Waals surface area contributed by atoms with Gasteiger partial charge in [0.25, 0.3) is 0 Å². The van der Waals surface area contributed by atoms with Crippen molar-refractivity contribution in [2.75, 3.05) is 18.1 Å². The summed E-state index contributed by atoms with van der Waals surface area (Å²) < 4.78 is 25.8. The number of nitrogens with two attached hydrogens (primary N) is 1. The van der Waals surface area contributed by atoms with Crippen molar-refractivity contribution < 1.29 is 42.9 Å². The number of rotatable bonds is 10. The van der Waals surface area contributed by atoms with Gasteiger partial charge >= 0.3 is 6.09 Å². The Kier molecular flexibility index (Phi) is 9.90. The first kappa shape index (κ1) is 33.6. The third kappa shape index (κ3) is 7.48. The molecule has 3 heterocycles. The Morgan fingerprint density at radius 1 is 1.16 bits per heavy atom. The van der Waals surface area contributed by atoms with E-state index in [1.54, 1.807) is 0 Å². The highest BCUT2D eigenvalue weighted by molar-refractivity contribution is 7.91. The molecule has 4 rings (SSSR count). The molecular weight excluding hydrogens is 598 g/mol. The number of sulfone groups is 1. The zero-order chi connectivity index (χ0) is 32.4. The van der Waals surface area contributed by atoms with Crippen LogP contribution >= 0.6 is 0 Å². The number of likely N-dealkylation sites (tertiary alicyclic amines) is 1. The van der Waals surface area contributed by atoms with E-state index in [4.69, 9.17) is 5.73 Å². The number of primary amides is 1. The van der Waals surface area contributed by atoms with Crippen LogP contribution in [0.2, 0.25) is 0 Å². The lowest BCUT2D eigenvalue weighted by molar-refractivity contribution is -0.143. The average Bonchev–Trinajstić information content (AvgIpc) is 3.61. The molecule has 3 aliphatic rings. The predicted octanol–water partition coefficient (Wildman–Crippen LogP) is -0.836. The van der Waals surface area contributed by atoms with E-state index >= 15 is 0 Å². The maximum Gasteiger partial charge on any atom is 0.405 e. The molecule has 2 aliphatic heterocycles. The van der Waals surface area contributed by atoms with Gasteiger partial charge in [-0.1, -0.05) is 37.3 Å². The molecule has 16 nitrogen and oxygen atoms in total. The molecular formula is C27H43N7O9S. The van der Waals surface area contributed by atoms with Crippen molar-refractivity contribution in [1.82, 2.24) is 30.5 Å². The highest BCUT2D eigenvalue weighted by Gasteiger charge is 2.50. The molecule has 246 valence electrons. The molecule has 4 atom stereocenters. The SMILES string of the molecule is CC(C)(O)c1cnnn1[C@H]1C[C@@H](C(=O)NC2(C(O)C(N)=O)CCS(=O)(=O)CC2)N(C(=O)C(CC2CCCCC2)NC(=O)O)C1. The molecule has 0 radical (unpaired) electrons. The van der Waals surface area contributed by atoms with E-state index in [0.29, 0.717) is 5.69 Å². The van der Waals surface area contributed by atoms with Crippen LogP contribution in [0.1, 0.15) is 83.4 Å². The molecule has 1 saturated carbocycles. The number of hydrogen-bond acceptors (Lipinski definition) is 10. The van der Waals surface area contributed by atoms with E-state index < -0.39 is 80.5 Å². The van der Waals surface area contributed by atoms with Gasteiger partial charge in [0.2, 0.25) is 17.7 Å². The van der Waals surface area contributed by atoms with Crippen LogP contribution in [-0.4, -0.2) is 109 Å². The number of nitrogens with one attached hydrogen (secondary N) is 2. The first-order chi connectivity index (χ1) is 20.5. The number of amides is 4. The summed E-state index contributed by atoms with van der Waals surface area (Å²) >= 11 is 0. The van der Waals surface area contributed by atoms with Crippen molar-refractivity contribution in [3.05, 3.63) is 11.9 Å². The molecule has 7 N–H and O–H groups in total. The molecule has 4 amide bonds. The maximum atomic E-state index is 14.1. The van der Waals surface area contributed by atoms with Crippen LogP contribution in [-0.2, 0) is 29.8 Å². The summed E-state index contributed by atoms with van der Waals surface area (Å²) in [5, 5.41) is 44.0. The number of carbonyl (C=O) groups excluding carboxylic acids is 3. The molecule has 0 aromatic carbocycles. The Hall–Kier alpha value is -3.31. The lowest BCUT2D eigenvalue weighted by Gasteiger charge is -2.41. The molecule has 0 spiro atoms. The summed E-state index contributed by atoms with van der Waals surface area (Å²) in [4.78, 5) is 53.2. The topological polar surface area (TPSA) is 247 Å². The quantitative estimate of drug-likeness (QED) is 0.184. The van der Waals surface area contributed by atoms with Crippen molar-refractivity contribution >= 4 is 33.7 Å². The van der Waals surface area contributed by atoms with Gasteiger partial charge in [0.1, 0.15) is 17.7 Å². The lowest BCUT2D eigenvalue weighted by Crippen LogP contribution is -2.66. The first-order valence-corrected chi connectivity index (χ1v) is 16.8. The van der Waals surface area contributed by atoms with Gasteiger partial charge in [0.05, 0.1) is 35.0 Å². The van der Waals surface area contributed by atoms with Crippen molar-refractivity contribution in [2.45, 2.75) is 107 Å². The fourth-order valence-electron chi connectivity index (χ4n) is 6.73. The zero-order valence-corrected chi connectivity index (χ0v) is 25.8. The van der Waals surface area contributed by atoms with E-state index in [0.717, 1.165) is 32.1 Å². The van der Waals surface area contributed by atoms with Crippen LogP contribution in [0.25, 0.3) is 0 Å². The fourth-order valence-corrected chi connectivity index (χ4v) is 8.29. The summed E-state index contributed by atoms with van der Waals surface area (Å²) in [6, 6.07) is -3.01. The van der Waals surface area contributed by atoms with Crippen molar-refractivity contribution in [3.8, 4) is 0 Å². The number of nitrogens with zero attached hydrogens (tertiary/aromatic N) is 4. The van der Waals surface area contributed by atoms with Gasteiger partial charge in [-0.2, -0.15) is 0 Å². The van der Waals surface area contributed by atoms with Crippen LogP contribution in [0.3, 0.4) is 0 Å². The molecule has 17 heteroatoms. The third-order valence-electron chi connectivity index (χ3n) is 9.19. The molecule has 0 bridgehead atoms. The third-order valence-corrected chi connectivity index (χ3v) is 10.8. The highest BCUT2D eigenvalue weighted by Crippen LogP contribution is 2.35. The lowest BCUT2D eigenvalue weighted by atomic mass is 9.84. The molecule has 2 unspecified atom stereocenters. The average molecular weight is 642 g/mol. The van der Waals surface area contributed by atoms with Gasteiger partial charge in [-0.15, -0.1) is 5.10 Å². The number of aliphatic hydroxyl groups is 2. The second-order valence-corrected chi connectivity index (χ2v) is 15.2. The Morgan fingerprint density at radius 3 is 2.36 bits per heavy atom. The fraction of sp³-hybridized carbons (Fsp3) is 0.778. The van der Waals surface area contributed by atoms with Gasteiger partial charge in [-0.3, -0.25) is 14.4 Å². The van der Waals surface area contributed by atoms with E-state index in [1.165, 1.54) is 29.6 Å². The van der Waals surface area contributed by atoms with E-state index in [-0.39, 0.29) is 38.1 Å². The van der Waals surface area contributed by atoms with Crippen LogP contribution in [0.5, 0.6) is 0 Å². The number of aromatic nitrogens is 3. The smallest absolute Gasteiger partial charge is 0.405 e. The largest absolute Gasteiger partial charge is 0.465 e. The monoisotopic (exact) mass is 641 g/mol. The second kappa shape index (κ2) is 13.0. The number of aliphatic hydroxyl groups excluding tert-OH is 1. The standard InChI is InChI=1S/C27H43N7O9S/c1-26(2,41)20-14-29-32-34(20)17-13-19(23(37)31-27(21(35)22(28)36)8-10-44(42,43)11-9-27)33(15-17)24(38)18(30-25(39)40)12-16-6-4-3-5-7-16/h14,16-19,21,30,35,41H,3-13,15H2,1-2H3,(H2,28,36)(H,31,37)(H,39,40)/t17-,18?,19-,21?/m0/s1. The number of carbonyl (C=O) groups is 4. The zero-order valence-electron chi connectivity index (χ0n) is 25.0. The summed E-state index contributed by atoms with van der Waals surface area (Å²) in [7, 11) is -3.47. The second-order valence-electron chi connectivity index (χ2n) is 12.9. The first-order valence-electron chi connectivity index (χ1n) is 15.0. The van der Waals surface area contributed by atoms with Gasteiger partial charge in [0, 0.05) is 13.0 Å². The van der Waals surface area contributed by atoms with E-state index in [9.17, 15) is 42.9 Å². The maximum absolute atomic E-state index is 14.1. The summed E-state index contributed by atoms with van der Waals surface area (Å²) in [6.45, 7) is 2.99. The van der Waals surface area contributed by atoms with Crippen LogP contribution in [0.15, 0.2) is 6.20 Å². The Labute approximate surface area is 255 Å². The van der Waals surface area contributed by atoms with Crippen LogP contribution in [0.4, 0.5) is 4.79 Å². The Morgan fingerprint density at radius 2 is 1.80 bits per heavy atom. The molecule has 1 aromatic rings. The van der Waals surface area contributed by atoms with E-state index in [1.807, 2.05) is 0 Å². The molecule has 44 heavy (non-hydrogen) atoms.